The maximum atomic E-state index is 13.6. The van der Waals surface area contributed by atoms with E-state index in [1.807, 2.05) is 196 Å². The normalized spacial score (nSPS) is 20.6. The van der Waals surface area contributed by atoms with Crippen LogP contribution in [0.5, 0.6) is 0 Å². The molecule has 0 spiro atoms. The van der Waals surface area contributed by atoms with Crippen LogP contribution in [0.25, 0.3) is 0 Å². The number of nitrogens with one attached hydrogen (secondary N) is 1. The van der Waals surface area contributed by atoms with E-state index >= 15 is 0 Å². The lowest BCUT2D eigenvalue weighted by molar-refractivity contribution is -0.113. The molecule has 3 aromatic heterocycles. The second kappa shape index (κ2) is 42.1. The molecule has 28 nitrogen and oxygen atoms in total. The van der Waals surface area contributed by atoms with E-state index in [4.69, 9.17) is 38.4 Å². The number of ether oxygens (including phenoxy) is 6. The molecule has 9 heterocycles. The summed E-state index contributed by atoms with van der Waals surface area (Å²) in [6.45, 7) is 44.6. The average Bonchev–Trinajstić information content (AvgIpc) is 0.785. The third kappa shape index (κ3) is 26.3. The summed E-state index contributed by atoms with van der Waals surface area (Å²) in [5.74, 6) is 0. The zero-order valence-electron chi connectivity index (χ0n) is 81.5. The molecule has 3 fully saturated rings. The number of nitrogens with zero attached hydrogens (tertiary/aromatic N) is 14. The van der Waals surface area contributed by atoms with Crippen LogP contribution in [0, 0.1) is 0 Å². The van der Waals surface area contributed by atoms with Gasteiger partial charge in [0.1, 0.15) is 39.9 Å². The molecule has 6 aliphatic heterocycles. The molecule has 9 aliphatic rings. The quantitative estimate of drug-likeness (QED) is 0.0933. The maximum absolute atomic E-state index is 13.6. The Morgan fingerprint density at radius 2 is 0.654 bits per heavy atom. The molecule has 6 aromatic rings. The van der Waals surface area contributed by atoms with Gasteiger partial charge in [0.05, 0.1) is 53.8 Å². The lowest BCUT2D eigenvalue weighted by Crippen LogP contribution is -2.52. The van der Waals surface area contributed by atoms with Crippen LogP contribution >= 0.6 is 0 Å². The molecule has 3 aliphatic carbocycles. The van der Waals surface area contributed by atoms with Crippen molar-refractivity contribution in [1.29, 1.82) is 0 Å². The molecule has 28 heteroatoms. The van der Waals surface area contributed by atoms with Crippen LogP contribution in [0.1, 0.15) is 248 Å². The first-order valence-corrected chi connectivity index (χ1v) is 47.2. The summed E-state index contributed by atoms with van der Waals surface area (Å²) in [5.41, 5.74) is 14.8. The zero-order chi connectivity index (χ0) is 94.0. The highest BCUT2D eigenvalue weighted by Crippen LogP contribution is 2.41. The lowest BCUT2D eigenvalue weighted by atomic mass is 9.89. The van der Waals surface area contributed by atoms with Crippen LogP contribution in [0.2, 0.25) is 0 Å². The molecule has 6 atom stereocenters. The number of carbonyl (C=O) groups excluding carboxylic acids is 7. The highest BCUT2D eigenvalue weighted by molar-refractivity contribution is 5.77. The fraction of sp³-hybridized carbons (Fsp3) is 0.608. The number of anilines is 3. The minimum Gasteiger partial charge on any atom is -0.444 e. The van der Waals surface area contributed by atoms with Gasteiger partial charge in [0.2, 0.25) is 0 Å². The third-order valence-electron chi connectivity index (χ3n) is 25.1. The van der Waals surface area contributed by atoms with Crippen LogP contribution in [-0.4, -0.2) is 261 Å². The van der Waals surface area contributed by atoms with Crippen LogP contribution in [0.4, 0.5) is 45.8 Å². The highest BCUT2D eigenvalue weighted by atomic mass is 16.6. The summed E-state index contributed by atoms with van der Waals surface area (Å²) in [6.07, 6.45) is 16.8. The monoisotopic (exact) mass is 1790 g/mol. The number of hydrogen-bond acceptors (Lipinski definition) is 22. The molecule has 6 amide bonds. The van der Waals surface area contributed by atoms with Gasteiger partial charge in [0.15, 0.2) is 0 Å². The van der Waals surface area contributed by atoms with Crippen molar-refractivity contribution < 1.29 is 62.0 Å². The molecule has 708 valence electrons. The first kappa shape index (κ1) is 98.7. The minimum atomic E-state index is -0.625. The Hall–Kier alpha value is -10.3. The number of benzene rings is 3. The summed E-state index contributed by atoms with van der Waals surface area (Å²) in [7, 11) is 6.34. The molecular formula is C102H147N15O13. The number of amides is 6. The van der Waals surface area contributed by atoms with Crippen molar-refractivity contribution in [2.45, 2.75) is 291 Å². The smallest absolute Gasteiger partial charge is 0.411 e. The van der Waals surface area contributed by atoms with E-state index < -0.39 is 45.7 Å². The van der Waals surface area contributed by atoms with Crippen molar-refractivity contribution in [3.8, 4) is 0 Å². The van der Waals surface area contributed by atoms with E-state index in [-0.39, 0.29) is 54.6 Å². The number of aryl methyl sites for hydroxylation is 3. The highest BCUT2D eigenvalue weighted by Gasteiger charge is 2.43. The van der Waals surface area contributed by atoms with Gasteiger partial charge < -0.3 is 67.9 Å². The summed E-state index contributed by atoms with van der Waals surface area (Å²) in [4.78, 5) is 126. The van der Waals surface area contributed by atoms with E-state index in [1.165, 1.54) is 80.4 Å². The molecule has 1 N–H and O–H groups in total. The summed E-state index contributed by atoms with van der Waals surface area (Å²) in [6, 6.07) is 31.7. The molecule has 130 heavy (non-hydrogen) atoms. The van der Waals surface area contributed by atoms with E-state index in [1.54, 1.807) is 14.7 Å². The molecule has 0 saturated carbocycles. The van der Waals surface area contributed by atoms with Gasteiger partial charge in [-0.25, -0.2) is 28.8 Å². The molecule has 3 saturated heterocycles. The van der Waals surface area contributed by atoms with E-state index in [0.29, 0.717) is 84.5 Å². The van der Waals surface area contributed by atoms with E-state index in [2.05, 4.69) is 103 Å². The minimum absolute atomic E-state index is 0.0503. The molecule has 15 rings (SSSR count). The summed E-state index contributed by atoms with van der Waals surface area (Å²) in [5, 5.41) is 3.30. The first-order valence-electron chi connectivity index (χ1n) is 47.2. The van der Waals surface area contributed by atoms with Gasteiger partial charge >= 0.3 is 36.6 Å². The van der Waals surface area contributed by atoms with Gasteiger partial charge in [-0.1, -0.05) is 54.6 Å². The number of likely N-dealkylation sites (N-methyl/N-ethyl adjacent to an activating group) is 2. The van der Waals surface area contributed by atoms with Crippen LogP contribution in [0.15, 0.2) is 110 Å². The largest absolute Gasteiger partial charge is 0.444 e. The SMILES string of the molecule is CC(C)(C)OC(=O)N1CCN(c2cccc3c2CC(C=O)N(C(=O)OC(C)(C)C)C3)CC1.CN(C[C@@H]1Cc2c(cccc2N2CCN(C(=O)OC(C)(C)C)CC2)CN1C(=O)OC(C)(C)C)[C@H]1CCCc2cccnc21.CN(C[C@H]1Cc2c(cccc2N2CCN(C(=O)OC(C)(C)C)CC2)CN1C(=O)OC(C)(C)C)[C@H]1CCCc2cccnc21.CN[C@H]1CCCc2cccnc21. The van der Waals surface area contributed by atoms with Gasteiger partial charge in [0, 0.05) is 153 Å². The van der Waals surface area contributed by atoms with Gasteiger partial charge in [0.25, 0.3) is 0 Å². The van der Waals surface area contributed by atoms with Gasteiger partial charge in [-0.15, -0.1) is 0 Å². The predicted molar refractivity (Wildman–Crippen MR) is 507 cm³/mol. The zero-order valence-corrected chi connectivity index (χ0v) is 81.5. The maximum Gasteiger partial charge on any atom is 0.411 e. The Morgan fingerprint density at radius 1 is 0.369 bits per heavy atom. The summed E-state index contributed by atoms with van der Waals surface area (Å²) < 4.78 is 34.0. The van der Waals surface area contributed by atoms with Crippen molar-refractivity contribution in [1.82, 2.24) is 59.5 Å². The van der Waals surface area contributed by atoms with E-state index in [0.717, 1.165) is 125 Å². The van der Waals surface area contributed by atoms with Crippen molar-refractivity contribution >= 4 is 59.9 Å². The number of piperazine rings is 3. The molecule has 0 radical (unpaired) electrons. The van der Waals surface area contributed by atoms with Gasteiger partial charge in [-0.3, -0.25) is 39.5 Å². The second-order valence-corrected chi connectivity index (χ2v) is 42.1. The number of aromatic nitrogens is 3. The van der Waals surface area contributed by atoms with E-state index in [9.17, 15) is 33.6 Å². The first-order chi connectivity index (χ1) is 61.4. The Balaban J connectivity index is 0.000000167. The van der Waals surface area contributed by atoms with Crippen LogP contribution in [-0.2, 0) is 91.4 Å². The molecular weight excluding hydrogens is 1640 g/mol. The lowest BCUT2D eigenvalue weighted by Gasteiger charge is -2.43. The molecule has 0 bridgehead atoms. The van der Waals surface area contributed by atoms with Crippen molar-refractivity contribution in [3.05, 3.63) is 177 Å². The van der Waals surface area contributed by atoms with Crippen LogP contribution in [0.3, 0.4) is 0 Å². The Kier molecular flexibility index (Phi) is 31.9. The van der Waals surface area contributed by atoms with Crippen molar-refractivity contribution in [3.63, 3.8) is 0 Å². The fourth-order valence-corrected chi connectivity index (χ4v) is 19.1. The van der Waals surface area contributed by atoms with Gasteiger partial charge in [-0.2, -0.15) is 0 Å². The second-order valence-electron chi connectivity index (χ2n) is 42.1. The standard InChI is InChI=1S/2C34H49N5O4.C24H35N3O5.C10H14N2/c2*1-33(2,3)42-31(40)38-19-17-37(18-20-38)28-14-9-12-25-22-39(32(41)43-34(4,5)6)26(21-27(25)28)23-36(7)29-15-8-11-24-13-10-16-35-30(24)29;1-23(2,3)31-21(29)26-12-10-25(11-13-26)20-9-7-8-17-15-27(18(16-28)14-19(17)20)22(30)32-24(4,5)6;1-11-9-6-2-4-8-5-3-7-12-10(8)9/h2*9-10,12-14,16,26,29H,8,11,15,17-23H2,1-7H3;7-9,16,18H,10-15H2,1-6H3;3,5,7,9,11H,2,4,6H2,1H3/t26-,29+;26-,29-;;9-/m10.0/s1. The number of pyridine rings is 3. The predicted octanol–water partition coefficient (Wildman–Crippen LogP) is 16.9. The summed E-state index contributed by atoms with van der Waals surface area (Å²) >= 11 is 0. The Labute approximate surface area is 772 Å². The average molecular weight is 1790 g/mol. The molecule has 3 aromatic carbocycles. The third-order valence-corrected chi connectivity index (χ3v) is 25.1. The van der Waals surface area contributed by atoms with Gasteiger partial charge in [-0.05, 0) is 303 Å². The molecule has 1 unspecified atom stereocenters. The number of carbonyl (C=O) groups is 7. The Bertz CT molecular complexity index is 4680. The number of hydrogen-bond donors (Lipinski definition) is 1. The van der Waals surface area contributed by atoms with Crippen molar-refractivity contribution in [2.24, 2.45) is 0 Å². The number of rotatable bonds is 11. The Morgan fingerprint density at radius 3 is 0.977 bits per heavy atom. The number of fused-ring (bicyclic) bond motifs is 6. The van der Waals surface area contributed by atoms with Crippen LogP contribution < -0.4 is 20.0 Å². The fourth-order valence-electron chi connectivity index (χ4n) is 19.1. The van der Waals surface area contributed by atoms with Crippen molar-refractivity contribution in [2.75, 3.05) is 127 Å². The topological polar surface area (TPSA) is 261 Å². The number of aldehydes is 1.